The zero-order chi connectivity index (χ0) is 35.2. The van der Waals surface area contributed by atoms with E-state index in [0.29, 0.717) is 53.4 Å². The van der Waals surface area contributed by atoms with Crippen LogP contribution in [0.3, 0.4) is 0 Å². The second kappa shape index (κ2) is 15.7. The van der Waals surface area contributed by atoms with Crippen LogP contribution in [0.4, 0.5) is 5.69 Å². The summed E-state index contributed by atoms with van der Waals surface area (Å²) in [7, 11) is 4.68. The van der Waals surface area contributed by atoms with Crippen molar-refractivity contribution >= 4 is 40.3 Å². The van der Waals surface area contributed by atoms with Gasteiger partial charge in [-0.05, 0) is 92.1 Å². The minimum Gasteiger partial charge on any atom is -0.493 e. The molecule has 0 saturated heterocycles. The van der Waals surface area contributed by atoms with Gasteiger partial charge in [0.2, 0.25) is 23.0 Å². The Morgan fingerprint density at radius 2 is 1.80 bits per heavy atom. The number of nitrogens with zero attached hydrogens (tertiary/aromatic N) is 2. The van der Waals surface area contributed by atoms with E-state index in [1.165, 1.54) is 6.92 Å². The van der Waals surface area contributed by atoms with Crippen LogP contribution in [0.15, 0.2) is 53.3 Å². The molecule has 12 heteroatoms. The number of hydrogen-bond donors (Lipinski definition) is 3. The van der Waals surface area contributed by atoms with Gasteiger partial charge in [-0.2, -0.15) is 11.8 Å². The maximum atomic E-state index is 14.0. The molecule has 0 saturated carbocycles. The first-order valence-electron chi connectivity index (χ1n) is 16.4. The van der Waals surface area contributed by atoms with Gasteiger partial charge in [0.15, 0.2) is 11.5 Å². The molecule has 5 rings (SSSR count). The molecule has 260 valence electrons. The standard InChI is InChI=1S/C37H45N5O6S/c1-21(2)42-30-11-9-8-10-27(30)41-33(42)20-38-37(45)29(16-17-49-7)40-28-15-13-24-25(19-31(28)44)26(39-22(3)43)14-12-23-18-32(46-4)35(47-5)36(48-6)34(23)24/h8-11,13,15,18-19,21,26,29H,12,14,16-17,20H2,1-7H3,(H,38,45)(H,39,43)(H,40,44)/t26-,29-/m1/s1. The van der Waals surface area contributed by atoms with Crippen LogP contribution in [0.25, 0.3) is 22.2 Å². The van der Waals surface area contributed by atoms with E-state index in [1.807, 2.05) is 42.7 Å². The van der Waals surface area contributed by atoms with Gasteiger partial charge in [0, 0.05) is 18.5 Å². The number of fused-ring (bicyclic) bond motifs is 4. The number of carbonyl (C=O) groups is 2. The van der Waals surface area contributed by atoms with Crippen LogP contribution >= 0.6 is 11.8 Å². The van der Waals surface area contributed by atoms with Crippen LogP contribution in [0.5, 0.6) is 17.2 Å². The van der Waals surface area contributed by atoms with E-state index in [4.69, 9.17) is 19.2 Å². The summed E-state index contributed by atoms with van der Waals surface area (Å²) in [5.74, 6) is 2.45. The number of aryl methyl sites for hydroxylation is 1. The minimum absolute atomic E-state index is 0.151. The Bertz CT molecular complexity index is 1910. The molecule has 3 N–H and O–H groups in total. The van der Waals surface area contributed by atoms with Crippen molar-refractivity contribution in [2.24, 2.45) is 0 Å². The highest BCUT2D eigenvalue weighted by Crippen LogP contribution is 2.50. The Morgan fingerprint density at radius 1 is 1.04 bits per heavy atom. The first-order chi connectivity index (χ1) is 23.6. The fraction of sp³-hybridized carbons (Fsp3) is 0.405. The number of carbonyl (C=O) groups excluding carboxylic acids is 2. The van der Waals surface area contributed by atoms with Crippen molar-refractivity contribution in [2.45, 2.75) is 64.7 Å². The van der Waals surface area contributed by atoms with Crippen LogP contribution < -0.4 is 35.6 Å². The number of para-hydroxylation sites is 2. The summed E-state index contributed by atoms with van der Waals surface area (Å²) in [6.07, 6.45) is 3.61. The fourth-order valence-corrected chi connectivity index (χ4v) is 7.08. The number of anilines is 1. The van der Waals surface area contributed by atoms with Crippen molar-refractivity contribution in [2.75, 3.05) is 38.7 Å². The van der Waals surface area contributed by atoms with E-state index < -0.39 is 12.1 Å². The number of thioether (sulfide) groups is 1. The second-order valence-electron chi connectivity index (χ2n) is 12.3. The van der Waals surface area contributed by atoms with Gasteiger partial charge in [0.25, 0.3) is 0 Å². The Morgan fingerprint density at radius 3 is 2.47 bits per heavy atom. The van der Waals surface area contributed by atoms with E-state index in [2.05, 4.69) is 34.4 Å². The third-order valence-corrected chi connectivity index (χ3v) is 9.42. The first kappa shape index (κ1) is 35.6. The van der Waals surface area contributed by atoms with Crippen LogP contribution in [0.2, 0.25) is 0 Å². The molecule has 1 aromatic heterocycles. The van der Waals surface area contributed by atoms with Crippen LogP contribution in [0, 0.1) is 0 Å². The van der Waals surface area contributed by atoms with Crippen LogP contribution in [-0.2, 0) is 22.6 Å². The van der Waals surface area contributed by atoms with Gasteiger partial charge >= 0.3 is 0 Å². The number of methoxy groups -OCH3 is 3. The number of aromatic nitrogens is 2. The summed E-state index contributed by atoms with van der Waals surface area (Å²) in [4.78, 5) is 44.8. The molecular formula is C37H45N5O6S. The van der Waals surface area contributed by atoms with Crippen molar-refractivity contribution in [3.8, 4) is 28.4 Å². The van der Waals surface area contributed by atoms with Gasteiger partial charge in [-0.3, -0.25) is 14.4 Å². The molecule has 4 aromatic rings. The quantitative estimate of drug-likeness (QED) is 0.163. The van der Waals surface area contributed by atoms with E-state index in [0.717, 1.165) is 28.0 Å². The minimum atomic E-state index is -0.684. The summed E-state index contributed by atoms with van der Waals surface area (Å²) in [5, 5.41) is 9.36. The lowest BCUT2D eigenvalue weighted by Crippen LogP contribution is -2.41. The summed E-state index contributed by atoms with van der Waals surface area (Å²) in [5.41, 5.74) is 4.90. The van der Waals surface area contributed by atoms with Gasteiger partial charge in [0.05, 0.1) is 50.6 Å². The van der Waals surface area contributed by atoms with Crippen LogP contribution in [-0.4, -0.2) is 60.7 Å². The first-order valence-corrected chi connectivity index (χ1v) is 17.8. The molecule has 0 bridgehead atoms. The molecule has 3 aromatic carbocycles. The van der Waals surface area contributed by atoms with E-state index in [9.17, 15) is 14.4 Å². The van der Waals surface area contributed by atoms with E-state index in [-0.39, 0.29) is 35.5 Å². The zero-order valence-electron chi connectivity index (χ0n) is 29.1. The predicted octanol–water partition coefficient (Wildman–Crippen LogP) is 5.64. The smallest absolute Gasteiger partial charge is 0.242 e. The SMILES string of the molecule is COc1cc2c(c(OC)c1OC)-c1ccc(N[C@H](CCSC)C(=O)NCc3nc4ccccc4n3C(C)C)c(=O)cc1[C@H](NC(C)=O)CC2. The van der Waals surface area contributed by atoms with Crippen molar-refractivity contribution in [3.63, 3.8) is 0 Å². The van der Waals surface area contributed by atoms with E-state index in [1.54, 1.807) is 45.2 Å². The molecule has 1 aliphatic carbocycles. The topological polar surface area (TPSA) is 133 Å². The zero-order valence-corrected chi connectivity index (χ0v) is 30.0. The molecule has 0 unspecified atom stereocenters. The number of hydrogen-bond acceptors (Lipinski definition) is 9. The number of imidazole rings is 1. The molecule has 2 atom stereocenters. The van der Waals surface area contributed by atoms with Crippen molar-refractivity contribution in [1.29, 1.82) is 0 Å². The molecule has 0 aliphatic heterocycles. The lowest BCUT2D eigenvalue weighted by atomic mass is 9.95. The number of amides is 2. The molecule has 11 nitrogen and oxygen atoms in total. The van der Waals surface area contributed by atoms with Gasteiger partial charge < -0.3 is 34.7 Å². The lowest BCUT2D eigenvalue weighted by Gasteiger charge is -2.19. The summed E-state index contributed by atoms with van der Waals surface area (Å²) < 4.78 is 19.3. The average molecular weight is 688 g/mol. The van der Waals surface area contributed by atoms with Crippen molar-refractivity contribution < 1.29 is 23.8 Å². The Hall–Kier alpha value is -4.71. The number of nitrogens with one attached hydrogen (secondary N) is 3. The molecule has 0 spiro atoms. The molecule has 49 heavy (non-hydrogen) atoms. The maximum absolute atomic E-state index is 14.0. The highest BCUT2D eigenvalue weighted by Gasteiger charge is 2.30. The third-order valence-electron chi connectivity index (χ3n) is 8.78. The highest BCUT2D eigenvalue weighted by molar-refractivity contribution is 7.98. The summed E-state index contributed by atoms with van der Waals surface area (Å²) in [6, 6.07) is 14.0. The summed E-state index contributed by atoms with van der Waals surface area (Å²) >= 11 is 1.62. The number of rotatable bonds is 13. The molecule has 1 aliphatic rings. The summed E-state index contributed by atoms with van der Waals surface area (Å²) in [6.45, 7) is 5.88. The van der Waals surface area contributed by atoms with Gasteiger partial charge in [-0.15, -0.1) is 0 Å². The largest absolute Gasteiger partial charge is 0.493 e. The van der Waals surface area contributed by atoms with Gasteiger partial charge in [-0.25, -0.2) is 4.98 Å². The highest BCUT2D eigenvalue weighted by atomic mass is 32.2. The number of ether oxygens (including phenoxy) is 3. The van der Waals surface area contributed by atoms with Crippen molar-refractivity contribution in [1.82, 2.24) is 20.2 Å². The molecule has 0 radical (unpaired) electrons. The fourth-order valence-electron chi connectivity index (χ4n) is 6.60. The normalized spacial score (nSPS) is 14.3. The Balaban J connectivity index is 1.53. The maximum Gasteiger partial charge on any atom is 0.242 e. The lowest BCUT2D eigenvalue weighted by molar-refractivity contribution is -0.122. The predicted molar refractivity (Wildman–Crippen MR) is 195 cm³/mol. The Labute approximate surface area is 291 Å². The molecule has 1 heterocycles. The molecule has 0 fully saturated rings. The molecule has 2 amide bonds. The molecular weight excluding hydrogens is 643 g/mol. The van der Waals surface area contributed by atoms with E-state index >= 15 is 0 Å². The van der Waals surface area contributed by atoms with Gasteiger partial charge in [-0.1, -0.05) is 18.2 Å². The second-order valence-corrected chi connectivity index (χ2v) is 13.3. The Kier molecular flexibility index (Phi) is 11.4. The third kappa shape index (κ3) is 7.49. The average Bonchev–Trinajstić information content (AvgIpc) is 3.31. The monoisotopic (exact) mass is 687 g/mol. The van der Waals surface area contributed by atoms with Crippen molar-refractivity contribution in [3.05, 3.63) is 75.7 Å². The van der Waals surface area contributed by atoms with Gasteiger partial charge in [0.1, 0.15) is 11.9 Å². The number of benzene rings is 2. The van der Waals surface area contributed by atoms with Crippen LogP contribution in [0.1, 0.15) is 62.6 Å².